The van der Waals surface area contributed by atoms with Gasteiger partial charge in [0, 0.05) is 0 Å². The van der Waals surface area contributed by atoms with E-state index in [4.69, 9.17) is 5.90 Å². The predicted octanol–water partition coefficient (Wildman–Crippen LogP) is 0.753. The molecule has 1 aliphatic heterocycles. The normalized spacial score (nSPS) is 13.9. The Kier molecular flexibility index (Phi) is 2.66. The maximum Gasteiger partial charge on any atom is 0.228 e. The number of amides is 1. The molecule has 0 bridgehead atoms. The summed E-state index contributed by atoms with van der Waals surface area (Å²) in [5, 5.41) is 2.48. The van der Waals surface area contributed by atoms with E-state index in [9.17, 15) is 9.18 Å². The molecular weight excluding hydrogens is 199 g/mol. The van der Waals surface area contributed by atoms with Crippen molar-refractivity contribution in [3.05, 3.63) is 29.1 Å². The molecule has 0 saturated heterocycles. The molecule has 80 valence electrons. The van der Waals surface area contributed by atoms with Crippen LogP contribution in [0.15, 0.2) is 12.1 Å². The first-order valence-corrected chi connectivity index (χ1v) is 4.63. The summed E-state index contributed by atoms with van der Waals surface area (Å²) in [6, 6.07) is 3.19. The summed E-state index contributed by atoms with van der Waals surface area (Å²) in [6.07, 6.45) is 0.776. The molecular formula is C10H11FN2O2. The highest BCUT2D eigenvalue weighted by Crippen LogP contribution is 2.27. The summed E-state index contributed by atoms with van der Waals surface area (Å²) < 4.78 is 13.5. The number of hydrogen-bond acceptors (Lipinski definition) is 3. The first-order chi connectivity index (χ1) is 7.20. The molecule has 2 rings (SSSR count). The Balaban J connectivity index is 2.27. The van der Waals surface area contributed by atoms with E-state index in [2.05, 4.69) is 10.2 Å². The highest BCUT2D eigenvalue weighted by atomic mass is 19.1. The molecule has 0 unspecified atom stereocenters. The van der Waals surface area contributed by atoms with Gasteiger partial charge in [-0.15, -0.1) is 0 Å². The Morgan fingerprint density at radius 3 is 3.07 bits per heavy atom. The van der Waals surface area contributed by atoms with Crippen LogP contribution in [-0.4, -0.2) is 12.5 Å². The van der Waals surface area contributed by atoms with Gasteiger partial charge in [0.05, 0.1) is 18.7 Å². The molecule has 1 aromatic rings. The molecule has 0 aliphatic carbocycles. The number of halogens is 1. The lowest BCUT2D eigenvalue weighted by molar-refractivity contribution is -0.115. The number of nitrogens with one attached hydrogen (secondary N) is 1. The van der Waals surface area contributed by atoms with E-state index in [0.29, 0.717) is 24.3 Å². The largest absolute Gasteiger partial charge is 0.323 e. The number of carbonyl (C=O) groups excluding carboxylic acids is 1. The molecule has 0 radical (unpaired) electrons. The highest BCUT2D eigenvalue weighted by Gasteiger charge is 2.21. The van der Waals surface area contributed by atoms with Crippen LogP contribution in [0.3, 0.4) is 0 Å². The monoisotopic (exact) mass is 210 g/mol. The standard InChI is InChI=1S/C10H11FN2O2/c11-8-4-6(1-2-15-12)3-7-5-9(14)13-10(7)8/h3-4H,1-2,5,12H2,(H,13,14). The van der Waals surface area contributed by atoms with E-state index >= 15 is 0 Å². The minimum Gasteiger partial charge on any atom is -0.323 e. The van der Waals surface area contributed by atoms with Crippen LogP contribution >= 0.6 is 0 Å². The van der Waals surface area contributed by atoms with Crippen molar-refractivity contribution in [2.45, 2.75) is 12.8 Å². The zero-order valence-electron chi connectivity index (χ0n) is 8.05. The van der Waals surface area contributed by atoms with Gasteiger partial charge in [-0.2, -0.15) is 0 Å². The molecule has 0 fully saturated rings. The van der Waals surface area contributed by atoms with Crippen molar-refractivity contribution in [3.8, 4) is 0 Å². The smallest absolute Gasteiger partial charge is 0.228 e. The summed E-state index contributed by atoms with van der Waals surface area (Å²) in [5.41, 5.74) is 1.79. The van der Waals surface area contributed by atoms with E-state index in [1.165, 1.54) is 6.07 Å². The lowest BCUT2D eigenvalue weighted by atomic mass is 10.1. The second kappa shape index (κ2) is 3.96. The molecule has 3 N–H and O–H groups in total. The van der Waals surface area contributed by atoms with E-state index in [1.807, 2.05) is 0 Å². The Bertz CT molecular complexity index is 407. The summed E-state index contributed by atoms with van der Waals surface area (Å²) in [7, 11) is 0. The topological polar surface area (TPSA) is 64.3 Å². The third-order valence-corrected chi connectivity index (χ3v) is 2.36. The quantitative estimate of drug-likeness (QED) is 0.724. The van der Waals surface area contributed by atoms with E-state index < -0.39 is 5.82 Å². The van der Waals surface area contributed by atoms with Gasteiger partial charge in [0.15, 0.2) is 0 Å². The van der Waals surface area contributed by atoms with Crippen molar-refractivity contribution in [1.82, 2.24) is 0 Å². The highest BCUT2D eigenvalue weighted by molar-refractivity contribution is 5.99. The lowest BCUT2D eigenvalue weighted by Gasteiger charge is -2.05. The number of hydrogen-bond donors (Lipinski definition) is 2. The van der Waals surface area contributed by atoms with Gasteiger partial charge in [-0.1, -0.05) is 6.07 Å². The fourth-order valence-electron chi connectivity index (χ4n) is 1.68. The van der Waals surface area contributed by atoms with Gasteiger partial charge in [0.2, 0.25) is 5.91 Å². The molecule has 1 amide bonds. The zero-order valence-corrected chi connectivity index (χ0v) is 8.05. The fraction of sp³-hybridized carbons (Fsp3) is 0.300. The number of anilines is 1. The van der Waals surface area contributed by atoms with E-state index in [-0.39, 0.29) is 12.3 Å². The lowest BCUT2D eigenvalue weighted by Crippen LogP contribution is -2.05. The van der Waals surface area contributed by atoms with Crippen molar-refractivity contribution in [1.29, 1.82) is 0 Å². The van der Waals surface area contributed by atoms with Gasteiger partial charge >= 0.3 is 0 Å². The third-order valence-electron chi connectivity index (χ3n) is 2.36. The van der Waals surface area contributed by atoms with Gasteiger partial charge in [0.25, 0.3) is 0 Å². The van der Waals surface area contributed by atoms with E-state index in [0.717, 1.165) is 5.56 Å². The Hall–Kier alpha value is -1.46. The Morgan fingerprint density at radius 1 is 1.53 bits per heavy atom. The average Bonchev–Trinajstić information content (AvgIpc) is 2.56. The minimum atomic E-state index is -0.398. The second-order valence-corrected chi connectivity index (χ2v) is 3.46. The number of fused-ring (bicyclic) bond motifs is 1. The van der Waals surface area contributed by atoms with Gasteiger partial charge in [0.1, 0.15) is 5.82 Å². The van der Waals surface area contributed by atoms with Crippen LogP contribution < -0.4 is 11.2 Å². The van der Waals surface area contributed by atoms with Gasteiger partial charge in [-0.05, 0) is 23.6 Å². The first-order valence-electron chi connectivity index (χ1n) is 4.63. The number of nitrogens with two attached hydrogens (primary N) is 1. The van der Waals surface area contributed by atoms with Crippen molar-refractivity contribution in [3.63, 3.8) is 0 Å². The molecule has 0 spiro atoms. The van der Waals surface area contributed by atoms with Crippen LogP contribution in [0.2, 0.25) is 0 Å². The van der Waals surface area contributed by atoms with Gasteiger partial charge < -0.3 is 10.2 Å². The Morgan fingerprint density at radius 2 is 2.33 bits per heavy atom. The van der Waals surface area contributed by atoms with Crippen molar-refractivity contribution >= 4 is 11.6 Å². The van der Waals surface area contributed by atoms with Crippen molar-refractivity contribution in [2.75, 3.05) is 11.9 Å². The van der Waals surface area contributed by atoms with Crippen molar-refractivity contribution < 1.29 is 14.0 Å². The van der Waals surface area contributed by atoms with Crippen LogP contribution in [0, 0.1) is 5.82 Å². The second-order valence-electron chi connectivity index (χ2n) is 3.46. The van der Waals surface area contributed by atoms with Gasteiger partial charge in [-0.3, -0.25) is 4.79 Å². The zero-order chi connectivity index (χ0) is 10.8. The van der Waals surface area contributed by atoms with Crippen LogP contribution in [0.4, 0.5) is 10.1 Å². The first kappa shape index (κ1) is 10.1. The van der Waals surface area contributed by atoms with Crippen molar-refractivity contribution in [2.24, 2.45) is 5.90 Å². The number of carbonyl (C=O) groups is 1. The minimum absolute atomic E-state index is 0.170. The van der Waals surface area contributed by atoms with Crippen LogP contribution in [-0.2, 0) is 22.5 Å². The maximum absolute atomic E-state index is 13.5. The third kappa shape index (κ3) is 1.98. The Labute approximate surface area is 86.2 Å². The van der Waals surface area contributed by atoms with E-state index in [1.54, 1.807) is 6.07 Å². The maximum atomic E-state index is 13.5. The predicted molar refractivity (Wildman–Crippen MR) is 52.6 cm³/mol. The fourth-order valence-corrected chi connectivity index (χ4v) is 1.68. The van der Waals surface area contributed by atoms with Crippen LogP contribution in [0.5, 0.6) is 0 Å². The average molecular weight is 210 g/mol. The number of rotatable bonds is 3. The van der Waals surface area contributed by atoms with Gasteiger partial charge in [-0.25, -0.2) is 10.3 Å². The summed E-state index contributed by atoms with van der Waals surface area (Å²) in [6.45, 7) is 0.333. The molecule has 1 heterocycles. The molecule has 15 heavy (non-hydrogen) atoms. The summed E-state index contributed by atoms with van der Waals surface area (Å²) in [4.78, 5) is 15.5. The molecule has 0 aromatic heterocycles. The van der Waals surface area contributed by atoms with Crippen LogP contribution in [0.25, 0.3) is 0 Å². The SMILES string of the molecule is NOCCc1cc(F)c2c(c1)CC(=O)N2. The molecule has 0 saturated carbocycles. The van der Waals surface area contributed by atoms with Crippen LogP contribution in [0.1, 0.15) is 11.1 Å². The molecule has 1 aliphatic rings. The molecule has 0 atom stereocenters. The summed E-state index contributed by atoms with van der Waals surface area (Å²) >= 11 is 0. The summed E-state index contributed by atoms with van der Waals surface area (Å²) in [5.74, 6) is 4.32. The molecule has 1 aromatic carbocycles. The number of benzene rings is 1. The molecule has 4 nitrogen and oxygen atoms in total. The molecule has 5 heteroatoms.